The van der Waals surface area contributed by atoms with Crippen molar-refractivity contribution in [2.45, 2.75) is 26.2 Å². The molecule has 0 unspecified atom stereocenters. The summed E-state index contributed by atoms with van der Waals surface area (Å²) in [5, 5.41) is 10.7. The average Bonchev–Trinajstić information content (AvgIpc) is 2.77. The minimum atomic E-state index is -1.10. The van der Waals surface area contributed by atoms with E-state index in [0.29, 0.717) is 5.56 Å². The molecule has 0 fully saturated rings. The van der Waals surface area contributed by atoms with Crippen LogP contribution in [-0.2, 0) is 5.41 Å². The van der Waals surface area contributed by atoms with Gasteiger partial charge in [0.25, 0.3) is 0 Å². The molecule has 31 heavy (non-hydrogen) atoms. The Hall–Kier alpha value is -3.65. The number of carbonyl (C=O) groups is 1. The van der Waals surface area contributed by atoms with E-state index in [-0.39, 0.29) is 11.5 Å². The second-order valence-electron chi connectivity index (χ2n) is 8.04. The maximum absolute atomic E-state index is 14.6. The molecule has 2 heteroatoms. The summed E-state index contributed by atoms with van der Waals surface area (Å²) in [7, 11) is 0. The minimum Gasteiger partial charge on any atom is -0.507 e. The highest BCUT2D eigenvalue weighted by Crippen LogP contribution is 2.46. The quantitative estimate of drug-likeness (QED) is 0.302. The van der Waals surface area contributed by atoms with E-state index in [0.717, 1.165) is 33.4 Å². The van der Waals surface area contributed by atoms with Crippen LogP contribution in [0.2, 0.25) is 0 Å². The molecule has 0 saturated heterocycles. The van der Waals surface area contributed by atoms with Crippen molar-refractivity contribution >= 4 is 5.78 Å². The lowest BCUT2D eigenvalue weighted by atomic mass is 9.62. The van der Waals surface area contributed by atoms with Gasteiger partial charge in [0.15, 0.2) is 5.78 Å². The molecule has 0 atom stereocenters. The summed E-state index contributed by atoms with van der Waals surface area (Å²) >= 11 is 0. The number of ketones is 1. The number of rotatable bonds is 5. The van der Waals surface area contributed by atoms with Crippen molar-refractivity contribution in [1.82, 2.24) is 0 Å². The molecule has 0 aliphatic carbocycles. The number of aromatic hydroxyl groups is 1. The molecule has 0 radical (unpaired) electrons. The number of phenols is 1. The normalized spacial score (nSPS) is 11.3. The van der Waals surface area contributed by atoms with E-state index in [2.05, 4.69) is 0 Å². The molecule has 4 rings (SSSR count). The van der Waals surface area contributed by atoms with Crippen molar-refractivity contribution in [2.24, 2.45) is 0 Å². The largest absolute Gasteiger partial charge is 0.507 e. The Morgan fingerprint density at radius 3 is 1.32 bits per heavy atom. The van der Waals surface area contributed by atoms with Gasteiger partial charge in [0.2, 0.25) is 0 Å². The fraction of sp³-hybridized carbons (Fsp3) is 0.138. The number of Topliss-reactive ketones (excluding diaryl/α,β-unsaturated/α-hetero) is 1. The molecular weight excluding hydrogens is 380 g/mol. The maximum Gasteiger partial charge on any atom is 0.185 e. The van der Waals surface area contributed by atoms with Gasteiger partial charge in [-0.3, -0.25) is 4.79 Å². The van der Waals surface area contributed by atoms with Crippen LogP contribution in [0.1, 0.15) is 43.7 Å². The zero-order valence-corrected chi connectivity index (χ0v) is 18.1. The van der Waals surface area contributed by atoms with E-state index < -0.39 is 5.41 Å². The van der Waals surface area contributed by atoms with Crippen LogP contribution >= 0.6 is 0 Å². The monoisotopic (exact) mass is 406 g/mol. The topological polar surface area (TPSA) is 37.3 Å². The van der Waals surface area contributed by atoms with Gasteiger partial charge in [0.1, 0.15) is 11.2 Å². The van der Waals surface area contributed by atoms with Crippen LogP contribution in [0.15, 0.2) is 97.1 Å². The highest BCUT2D eigenvalue weighted by atomic mass is 16.3. The van der Waals surface area contributed by atoms with Gasteiger partial charge < -0.3 is 5.11 Å². The van der Waals surface area contributed by atoms with Crippen molar-refractivity contribution < 1.29 is 9.90 Å². The van der Waals surface area contributed by atoms with Gasteiger partial charge in [-0.2, -0.15) is 0 Å². The second kappa shape index (κ2) is 8.23. The summed E-state index contributed by atoms with van der Waals surface area (Å²) in [6.07, 6.45) is 0. The van der Waals surface area contributed by atoms with Crippen LogP contribution in [-0.4, -0.2) is 10.9 Å². The number of hydrogen-bond acceptors (Lipinski definition) is 2. The van der Waals surface area contributed by atoms with Crippen molar-refractivity contribution in [3.8, 4) is 5.75 Å². The Bertz CT molecular complexity index is 1140. The molecule has 154 valence electrons. The van der Waals surface area contributed by atoms with Gasteiger partial charge in [-0.05, 0) is 66.3 Å². The Morgan fingerprint density at radius 1 is 0.581 bits per heavy atom. The van der Waals surface area contributed by atoms with Gasteiger partial charge in [0.05, 0.1) is 5.56 Å². The lowest BCUT2D eigenvalue weighted by molar-refractivity contribution is 0.0931. The molecular formula is C29H26O2. The predicted molar refractivity (Wildman–Crippen MR) is 126 cm³/mol. The highest BCUT2D eigenvalue weighted by molar-refractivity contribution is 6.11. The molecule has 0 saturated carbocycles. The first-order valence-corrected chi connectivity index (χ1v) is 10.5. The van der Waals surface area contributed by atoms with Gasteiger partial charge in [-0.1, -0.05) is 84.9 Å². The number of phenolic OH excluding ortho intramolecular Hbond substituents is 1. The zero-order chi connectivity index (χ0) is 22.0. The Labute approximate surface area is 183 Å². The summed E-state index contributed by atoms with van der Waals surface area (Å²) in [4.78, 5) is 14.6. The first-order valence-electron chi connectivity index (χ1n) is 10.5. The van der Waals surface area contributed by atoms with E-state index >= 15 is 0 Å². The highest BCUT2D eigenvalue weighted by Gasteiger charge is 2.47. The fourth-order valence-corrected chi connectivity index (χ4v) is 4.65. The summed E-state index contributed by atoms with van der Waals surface area (Å²) in [6.45, 7) is 6.12. The van der Waals surface area contributed by atoms with Crippen LogP contribution in [0, 0.1) is 20.8 Å². The molecule has 0 amide bonds. The van der Waals surface area contributed by atoms with Crippen LogP contribution in [0.5, 0.6) is 5.75 Å². The summed E-state index contributed by atoms with van der Waals surface area (Å²) in [5.74, 6) is -0.142. The predicted octanol–water partition coefficient (Wildman–Crippen LogP) is 6.53. The number of aryl methyl sites for hydroxylation is 3. The van der Waals surface area contributed by atoms with Crippen LogP contribution in [0.25, 0.3) is 0 Å². The standard InChI is InChI=1S/C29H26O2/c1-20-12-4-8-16-24(20)29(25-17-9-5-13-21(25)2,26-18-10-6-14-22(26)3)28(31)23-15-7-11-19-27(23)30/h4-19,30H,1-3H3. The van der Waals surface area contributed by atoms with Crippen molar-refractivity contribution in [3.05, 3.63) is 136 Å². The molecule has 2 nitrogen and oxygen atoms in total. The number of carbonyl (C=O) groups excluding carboxylic acids is 1. The van der Waals surface area contributed by atoms with E-state index in [9.17, 15) is 9.90 Å². The first-order chi connectivity index (χ1) is 15.0. The molecule has 0 aliphatic heterocycles. The number of hydrogen-bond donors (Lipinski definition) is 1. The molecule has 1 N–H and O–H groups in total. The Balaban J connectivity index is 2.22. The van der Waals surface area contributed by atoms with Crippen molar-refractivity contribution in [3.63, 3.8) is 0 Å². The first kappa shape index (κ1) is 20.6. The number of benzene rings is 4. The molecule has 0 heterocycles. The molecule has 4 aromatic carbocycles. The van der Waals surface area contributed by atoms with E-state index in [4.69, 9.17) is 0 Å². The fourth-order valence-electron chi connectivity index (χ4n) is 4.65. The number of para-hydroxylation sites is 1. The van der Waals surface area contributed by atoms with Crippen LogP contribution in [0.4, 0.5) is 0 Å². The zero-order valence-electron chi connectivity index (χ0n) is 18.1. The molecule has 0 aliphatic rings. The summed E-state index contributed by atoms with van der Waals surface area (Å²) < 4.78 is 0. The third-order valence-corrected chi connectivity index (χ3v) is 6.14. The SMILES string of the molecule is Cc1ccccc1C(C(=O)c1ccccc1O)(c1ccccc1C)c1ccccc1C. The maximum atomic E-state index is 14.6. The second-order valence-corrected chi connectivity index (χ2v) is 8.04. The molecule has 0 bridgehead atoms. The summed E-state index contributed by atoms with van der Waals surface area (Å²) in [6, 6.07) is 30.9. The van der Waals surface area contributed by atoms with Gasteiger partial charge >= 0.3 is 0 Å². The van der Waals surface area contributed by atoms with Crippen LogP contribution in [0.3, 0.4) is 0 Å². The Kier molecular flexibility index (Phi) is 5.48. The molecule has 0 spiro atoms. The van der Waals surface area contributed by atoms with Crippen molar-refractivity contribution in [2.75, 3.05) is 0 Å². The smallest absolute Gasteiger partial charge is 0.185 e. The van der Waals surface area contributed by atoms with E-state index in [1.54, 1.807) is 24.3 Å². The van der Waals surface area contributed by atoms with Gasteiger partial charge in [-0.25, -0.2) is 0 Å². The lowest BCUT2D eigenvalue weighted by Crippen LogP contribution is -2.40. The Morgan fingerprint density at radius 2 is 0.935 bits per heavy atom. The van der Waals surface area contributed by atoms with Gasteiger partial charge in [0, 0.05) is 0 Å². The molecule has 0 aromatic heterocycles. The summed E-state index contributed by atoms with van der Waals surface area (Å²) in [5.41, 5.74) is 5.07. The van der Waals surface area contributed by atoms with Crippen LogP contribution < -0.4 is 0 Å². The van der Waals surface area contributed by atoms with Gasteiger partial charge in [-0.15, -0.1) is 0 Å². The minimum absolute atomic E-state index is 0.00683. The molecule has 4 aromatic rings. The van der Waals surface area contributed by atoms with E-state index in [1.807, 2.05) is 93.6 Å². The average molecular weight is 407 g/mol. The van der Waals surface area contributed by atoms with Crippen molar-refractivity contribution in [1.29, 1.82) is 0 Å². The third kappa shape index (κ3) is 3.34. The third-order valence-electron chi connectivity index (χ3n) is 6.14. The lowest BCUT2D eigenvalue weighted by Gasteiger charge is -2.38. The van der Waals surface area contributed by atoms with E-state index in [1.165, 1.54) is 0 Å².